The third kappa shape index (κ3) is 6.15. The first-order valence-electron chi connectivity index (χ1n) is 13.4. The van der Waals surface area contributed by atoms with Crippen LogP contribution in [0.4, 0.5) is 4.79 Å². The molecule has 0 bridgehead atoms. The number of halogens is 1. The molecule has 9 heteroatoms. The first-order chi connectivity index (χ1) is 18.1. The van der Waals surface area contributed by atoms with Gasteiger partial charge in [-0.3, -0.25) is 4.79 Å². The van der Waals surface area contributed by atoms with Gasteiger partial charge < -0.3 is 31.3 Å². The summed E-state index contributed by atoms with van der Waals surface area (Å²) in [4.78, 5) is 26.2. The molecule has 2 aromatic rings. The van der Waals surface area contributed by atoms with Crippen molar-refractivity contribution in [2.45, 2.75) is 63.2 Å². The molecule has 2 amide bonds. The summed E-state index contributed by atoms with van der Waals surface area (Å²) in [5.41, 5.74) is 8.01. The van der Waals surface area contributed by atoms with Crippen LogP contribution in [0.2, 0.25) is 5.02 Å². The van der Waals surface area contributed by atoms with Crippen LogP contribution in [-0.4, -0.2) is 64.0 Å². The van der Waals surface area contributed by atoms with Gasteiger partial charge in [-0.2, -0.15) is 0 Å². The number of piperidine rings is 1. The van der Waals surface area contributed by atoms with E-state index in [1.807, 2.05) is 43.3 Å². The number of likely N-dealkylation sites (tertiary alicyclic amines) is 1. The lowest BCUT2D eigenvalue weighted by atomic mass is 9.72. The van der Waals surface area contributed by atoms with Gasteiger partial charge in [0.25, 0.3) is 0 Å². The number of carbonyl (C=O) groups is 2. The van der Waals surface area contributed by atoms with Gasteiger partial charge in [-0.05, 0) is 62.6 Å². The lowest BCUT2D eigenvalue weighted by Crippen LogP contribution is -2.49. The fourth-order valence-electron chi connectivity index (χ4n) is 6.17. The van der Waals surface area contributed by atoms with Crippen molar-refractivity contribution in [2.75, 3.05) is 19.6 Å². The molecule has 6 N–H and O–H groups in total. The van der Waals surface area contributed by atoms with E-state index in [1.165, 1.54) is 0 Å². The third-order valence-electron chi connectivity index (χ3n) is 8.13. The van der Waals surface area contributed by atoms with E-state index in [4.69, 9.17) is 22.4 Å². The van der Waals surface area contributed by atoms with Gasteiger partial charge in [0.15, 0.2) is 0 Å². The predicted molar refractivity (Wildman–Crippen MR) is 147 cm³/mol. The molecule has 4 rings (SSSR count). The Hall–Kier alpha value is -2.65. The van der Waals surface area contributed by atoms with Crippen molar-refractivity contribution < 1.29 is 24.9 Å². The number of amides is 2. The summed E-state index contributed by atoms with van der Waals surface area (Å²) in [6.45, 7) is 3.16. The maximum absolute atomic E-state index is 13.4. The van der Waals surface area contributed by atoms with E-state index in [0.717, 1.165) is 23.1 Å². The molecule has 0 aromatic heterocycles. The fourth-order valence-corrected chi connectivity index (χ4v) is 6.45. The average molecular weight is 544 g/mol. The second kappa shape index (κ2) is 12.0. The molecular formula is C29H38ClN3O5. The number of rotatable bonds is 8. The van der Waals surface area contributed by atoms with Crippen LogP contribution in [0.1, 0.15) is 49.7 Å². The van der Waals surface area contributed by atoms with E-state index in [0.29, 0.717) is 55.8 Å². The quantitative estimate of drug-likeness (QED) is 0.320. The van der Waals surface area contributed by atoms with Gasteiger partial charge in [-0.25, -0.2) is 4.79 Å². The Balaban J connectivity index is 1.68. The highest BCUT2D eigenvalue weighted by molar-refractivity contribution is 6.33. The molecular weight excluding hydrogens is 506 g/mol. The molecule has 1 saturated heterocycles. The molecule has 206 valence electrons. The number of nitrogens with two attached hydrogens (primary N) is 1. The molecule has 0 spiro atoms. The minimum Gasteiger partial charge on any atom is -0.465 e. The predicted octanol–water partition coefficient (Wildman–Crippen LogP) is 3.89. The van der Waals surface area contributed by atoms with E-state index in [2.05, 4.69) is 5.32 Å². The Bertz CT molecular complexity index is 1150. The summed E-state index contributed by atoms with van der Waals surface area (Å²) in [6.07, 6.45) is 1.18. The number of aliphatic hydroxyl groups is 2. The SMILES string of the molecule is Cc1cccc(-c2c(Cl)cccc2[C@](O)(CCCNC(=O)O)[C@@H]2CCCN(C(=O)[C@H]3C[C@@H](N)[C@@H](O)C3)C2)c1. The van der Waals surface area contributed by atoms with Gasteiger partial charge in [-0.15, -0.1) is 0 Å². The molecule has 1 aliphatic heterocycles. The van der Waals surface area contributed by atoms with Crippen molar-refractivity contribution in [3.8, 4) is 11.1 Å². The minimum absolute atomic E-state index is 0.0263. The van der Waals surface area contributed by atoms with Crippen molar-refractivity contribution in [2.24, 2.45) is 17.6 Å². The van der Waals surface area contributed by atoms with Crippen molar-refractivity contribution in [1.82, 2.24) is 10.2 Å². The largest absolute Gasteiger partial charge is 0.465 e. The number of aliphatic hydroxyl groups excluding tert-OH is 1. The number of nitrogens with zero attached hydrogens (tertiary/aromatic N) is 1. The van der Waals surface area contributed by atoms with Crippen LogP contribution in [-0.2, 0) is 10.4 Å². The van der Waals surface area contributed by atoms with Crippen molar-refractivity contribution in [1.29, 1.82) is 0 Å². The van der Waals surface area contributed by atoms with E-state index >= 15 is 0 Å². The highest BCUT2D eigenvalue weighted by atomic mass is 35.5. The monoisotopic (exact) mass is 543 g/mol. The lowest BCUT2D eigenvalue weighted by molar-refractivity contribution is -0.141. The number of hydrogen-bond donors (Lipinski definition) is 5. The van der Waals surface area contributed by atoms with Gasteiger partial charge in [0.05, 0.1) is 11.7 Å². The van der Waals surface area contributed by atoms with Crippen LogP contribution in [0.25, 0.3) is 11.1 Å². The smallest absolute Gasteiger partial charge is 0.404 e. The van der Waals surface area contributed by atoms with Gasteiger partial charge >= 0.3 is 6.09 Å². The molecule has 0 unspecified atom stereocenters. The Kier molecular flexibility index (Phi) is 8.98. The number of benzene rings is 2. The maximum Gasteiger partial charge on any atom is 0.404 e. The van der Waals surface area contributed by atoms with Gasteiger partial charge in [0.2, 0.25) is 5.91 Å². The molecule has 2 fully saturated rings. The van der Waals surface area contributed by atoms with Gasteiger partial charge in [-0.1, -0.05) is 53.6 Å². The molecule has 2 aliphatic rings. The number of nitrogens with one attached hydrogen (secondary N) is 1. The van der Waals surface area contributed by atoms with Crippen LogP contribution >= 0.6 is 11.6 Å². The molecule has 2 aromatic carbocycles. The molecule has 8 nitrogen and oxygen atoms in total. The Morgan fingerprint density at radius 1 is 1.21 bits per heavy atom. The highest BCUT2D eigenvalue weighted by Crippen LogP contribution is 2.46. The van der Waals surface area contributed by atoms with E-state index in [1.54, 1.807) is 11.0 Å². The second-order valence-electron chi connectivity index (χ2n) is 10.8. The first-order valence-corrected chi connectivity index (χ1v) is 13.8. The van der Waals surface area contributed by atoms with Gasteiger partial charge in [0, 0.05) is 48.1 Å². The summed E-state index contributed by atoms with van der Waals surface area (Å²) in [6, 6.07) is 13.1. The first kappa shape index (κ1) is 28.4. The Labute approximate surface area is 228 Å². The third-order valence-corrected chi connectivity index (χ3v) is 8.45. The van der Waals surface area contributed by atoms with Crippen molar-refractivity contribution in [3.05, 3.63) is 58.6 Å². The van der Waals surface area contributed by atoms with Crippen molar-refractivity contribution in [3.63, 3.8) is 0 Å². The zero-order valence-corrected chi connectivity index (χ0v) is 22.5. The van der Waals surface area contributed by atoms with Crippen LogP contribution in [0.3, 0.4) is 0 Å². The van der Waals surface area contributed by atoms with Crippen LogP contribution in [0.15, 0.2) is 42.5 Å². The summed E-state index contributed by atoms with van der Waals surface area (Å²) >= 11 is 6.76. The molecule has 5 atom stereocenters. The van der Waals surface area contributed by atoms with E-state index in [-0.39, 0.29) is 24.3 Å². The average Bonchev–Trinajstić information content (AvgIpc) is 3.23. The number of hydrogen-bond acceptors (Lipinski definition) is 5. The topological polar surface area (TPSA) is 136 Å². The summed E-state index contributed by atoms with van der Waals surface area (Å²) in [5, 5.41) is 34.6. The lowest BCUT2D eigenvalue weighted by Gasteiger charge is -2.44. The number of carboxylic acid groups (broad SMARTS) is 1. The zero-order valence-electron chi connectivity index (χ0n) is 21.8. The summed E-state index contributed by atoms with van der Waals surface area (Å²) < 4.78 is 0. The zero-order chi connectivity index (χ0) is 27.4. The maximum atomic E-state index is 13.4. The molecule has 38 heavy (non-hydrogen) atoms. The normalized spacial score (nSPS) is 25.1. The highest BCUT2D eigenvalue weighted by Gasteiger charge is 2.44. The van der Waals surface area contributed by atoms with E-state index in [9.17, 15) is 19.8 Å². The summed E-state index contributed by atoms with van der Waals surface area (Å²) in [5.74, 6) is -0.630. The van der Waals surface area contributed by atoms with Crippen molar-refractivity contribution >= 4 is 23.6 Å². The fraction of sp³-hybridized carbons (Fsp3) is 0.517. The Morgan fingerprint density at radius 2 is 1.97 bits per heavy atom. The standard InChI is InChI=1S/C29H38ClN3O5/c1-18-6-2-7-19(14-18)26-22(9-3-10-23(26)30)29(38,11-5-12-32-28(36)37)21-8-4-13-33(17-21)27(35)20-15-24(31)25(34)16-20/h2-3,6-7,9-10,14,20-21,24-25,32,34,38H,4-5,8,11-13,15-17,31H2,1H3,(H,36,37)/t20-,21+,24+,25-,29-/m0/s1. The number of aryl methyl sites for hydroxylation is 1. The number of carbonyl (C=O) groups excluding carboxylic acids is 1. The van der Waals surface area contributed by atoms with Crippen LogP contribution in [0, 0.1) is 18.8 Å². The molecule has 1 saturated carbocycles. The van der Waals surface area contributed by atoms with Crippen LogP contribution < -0.4 is 11.1 Å². The van der Waals surface area contributed by atoms with Gasteiger partial charge in [0.1, 0.15) is 0 Å². The molecule has 1 aliphatic carbocycles. The molecule has 1 heterocycles. The van der Waals surface area contributed by atoms with Crippen LogP contribution in [0.5, 0.6) is 0 Å². The second-order valence-corrected chi connectivity index (χ2v) is 11.2. The van der Waals surface area contributed by atoms with E-state index < -0.39 is 23.8 Å². The summed E-state index contributed by atoms with van der Waals surface area (Å²) in [7, 11) is 0. The Morgan fingerprint density at radius 3 is 2.66 bits per heavy atom. The minimum atomic E-state index is -1.35. The molecule has 0 radical (unpaired) electrons.